The van der Waals surface area contributed by atoms with Crippen molar-refractivity contribution in [2.75, 3.05) is 33.2 Å². The zero-order chi connectivity index (χ0) is 14.9. The monoisotopic (exact) mass is 361 g/mol. The van der Waals surface area contributed by atoms with Crippen LogP contribution in [0.2, 0.25) is 0 Å². The summed E-state index contributed by atoms with van der Waals surface area (Å²) in [5.41, 5.74) is 1.33. The molecule has 0 spiro atoms. The van der Waals surface area contributed by atoms with Gasteiger partial charge in [0.2, 0.25) is 5.91 Å². The molecule has 0 bridgehead atoms. The first-order valence-electron chi connectivity index (χ1n) is 7.98. The molecule has 6 heteroatoms. The van der Waals surface area contributed by atoms with Crippen molar-refractivity contribution in [3.8, 4) is 0 Å². The van der Waals surface area contributed by atoms with Crippen LogP contribution in [0.3, 0.4) is 0 Å². The number of rotatable bonds is 7. The van der Waals surface area contributed by atoms with E-state index in [9.17, 15) is 4.79 Å². The van der Waals surface area contributed by atoms with Gasteiger partial charge in [0.15, 0.2) is 0 Å². The number of benzene rings is 1. The maximum atomic E-state index is 12.2. The quantitative estimate of drug-likeness (QED) is 0.733. The minimum atomic E-state index is 0. The summed E-state index contributed by atoms with van der Waals surface area (Å²) >= 11 is 0. The highest BCUT2D eigenvalue weighted by Gasteiger charge is 2.25. The lowest BCUT2D eigenvalue weighted by Gasteiger charge is -2.32. The van der Waals surface area contributed by atoms with Crippen LogP contribution in [0.1, 0.15) is 24.8 Å². The van der Waals surface area contributed by atoms with Crippen LogP contribution >= 0.6 is 24.8 Å². The third kappa shape index (κ3) is 8.02. The van der Waals surface area contributed by atoms with Gasteiger partial charge in [0, 0.05) is 19.6 Å². The molecule has 132 valence electrons. The largest absolute Gasteiger partial charge is 0.356 e. The molecular weight excluding hydrogens is 333 g/mol. The number of amides is 1. The number of carbonyl (C=O) groups excluding carboxylic acids is 1. The summed E-state index contributed by atoms with van der Waals surface area (Å²) in [5, 5.41) is 6.16. The molecule has 2 N–H and O–H groups in total. The van der Waals surface area contributed by atoms with Gasteiger partial charge in [0.25, 0.3) is 0 Å². The van der Waals surface area contributed by atoms with Crippen LogP contribution in [0.5, 0.6) is 0 Å². The number of hydrogen-bond acceptors (Lipinski definition) is 3. The molecule has 23 heavy (non-hydrogen) atoms. The van der Waals surface area contributed by atoms with E-state index in [2.05, 4.69) is 39.8 Å². The third-order valence-corrected chi connectivity index (χ3v) is 4.03. The lowest BCUT2D eigenvalue weighted by molar-refractivity contribution is -0.126. The highest BCUT2D eigenvalue weighted by molar-refractivity contribution is 5.85. The van der Waals surface area contributed by atoms with E-state index in [4.69, 9.17) is 0 Å². The van der Waals surface area contributed by atoms with Crippen LogP contribution in [0, 0.1) is 5.92 Å². The number of likely N-dealkylation sites (tertiary alicyclic amines) is 1. The van der Waals surface area contributed by atoms with Gasteiger partial charge in [-0.2, -0.15) is 0 Å². The minimum absolute atomic E-state index is 0. The van der Waals surface area contributed by atoms with Gasteiger partial charge < -0.3 is 10.6 Å². The summed E-state index contributed by atoms with van der Waals surface area (Å²) in [7, 11) is 1.93. The Balaban J connectivity index is 0.00000242. The Bertz CT molecular complexity index is 431. The predicted molar refractivity (Wildman–Crippen MR) is 100 cm³/mol. The second-order valence-electron chi connectivity index (χ2n) is 5.81. The maximum absolute atomic E-state index is 12.2. The van der Waals surface area contributed by atoms with Gasteiger partial charge in [-0.3, -0.25) is 9.69 Å². The van der Waals surface area contributed by atoms with Crippen molar-refractivity contribution >= 4 is 30.7 Å². The van der Waals surface area contributed by atoms with Gasteiger partial charge in [-0.1, -0.05) is 30.3 Å². The number of hydrogen-bond donors (Lipinski definition) is 2. The van der Waals surface area contributed by atoms with Crippen LogP contribution in [-0.2, 0) is 11.3 Å². The second-order valence-corrected chi connectivity index (χ2v) is 5.81. The van der Waals surface area contributed by atoms with Crippen molar-refractivity contribution < 1.29 is 4.79 Å². The van der Waals surface area contributed by atoms with Crippen LogP contribution < -0.4 is 10.6 Å². The fraction of sp³-hybridized carbons (Fsp3) is 0.588. The molecule has 1 fully saturated rings. The van der Waals surface area contributed by atoms with Gasteiger partial charge in [-0.05, 0) is 45.0 Å². The Labute approximate surface area is 152 Å². The summed E-state index contributed by atoms with van der Waals surface area (Å²) in [6.07, 6.45) is 3.12. The fourth-order valence-electron chi connectivity index (χ4n) is 2.88. The van der Waals surface area contributed by atoms with Crippen molar-refractivity contribution in [1.29, 1.82) is 0 Å². The summed E-state index contributed by atoms with van der Waals surface area (Å²) in [5.74, 6) is 0.376. The van der Waals surface area contributed by atoms with Crippen molar-refractivity contribution in [3.05, 3.63) is 35.9 Å². The van der Waals surface area contributed by atoms with E-state index in [0.29, 0.717) is 0 Å². The molecule has 0 aliphatic carbocycles. The molecule has 1 aliphatic heterocycles. The van der Waals surface area contributed by atoms with Crippen molar-refractivity contribution in [3.63, 3.8) is 0 Å². The molecule has 4 nitrogen and oxygen atoms in total. The minimum Gasteiger partial charge on any atom is -0.356 e. The average Bonchev–Trinajstić information content (AvgIpc) is 2.53. The highest BCUT2D eigenvalue weighted by Crippen LogP contribution is 2.18. The Hall–Kier alpha value is -0.810. The summed E-state index contributed by atoms with van der Waals surface area (Å²) in [4.78, 5) is 14.6. The summed E-state index contributed by atoms with van der Waals surface area (Å²) in [6, 6.07) is 10.5. The van der Waals surface area contributed by atoms with Gasteiger partial charge in [0.1, 0.15) is 0 Å². The van der Waals surface area contributed by atoms with Crippen LogP contribution in [0.15, 0.2) is 30.3 Å². The topological polar surface area (TPSA) is 44.4 Å². The SMILES string of the molecule is CNCCCNC(=O)C1CCCN(Cc2ccccc2)C1.Cl.Cl. The number of halogens is 2. The summed E-state index contributed by atoms with van der Waals surface area (Å²) < 4.78 is 0. The molecule has 0 saturated carbocycles. The molecule has 0 aromatic heterocycles. The highest BCUT2D eigenvalue weighted by atomic mass is 35.5. The molecule has 0 radical (unpaired) electrons. The first kappa shape index (κ1) is 22.2. The Morgan fingerprint density at radius 3 is 2.65 bits per heavy atom. The number of carbonyl (C=O) groups is 1. The predicted octanol–water partition coefficient (Wildman–Crippen LogP) is 2.47. The number of nitrogens with zero attached hydrogens (tertiary/aromatic N) is 1. The molecule has 2 rings (SSSR count). The number of nitrogens with one attached hydrogen (secondary N) is 2. The zero-order valence-corrected chi connectivity index (χ0v) is 15.4. The average molecular weight is 362 g/mol. The molecular formula is C17H29Cl2N3O. The molecule has 1 atom stereocenters. The lowest BCUT2D eigenvalue weighted by Crippen LogP contribution is -2.43. The summed E-state index contributed by atoms with van der Waals surface area (Å²) in [6.45, 7) is 4.65. The number of piperidine rings is 1. The maximum Gasteiger partial charge on any atom is 0.224 e. The van der Waals surface area contributed by atoms with E-state index < -0.39 is 0 Å². The molecule has 1 aliphatic rings. The first-order valence-corrected chi connectivity index (χ1v) is 7.98. The second kappa shape index (κ2) is 12.6. The molecule has 1 aromatic rings. The van der Waals surface area contributed by atoms with Gasteiger partial charge in [0.05, 0.1) is 5.92 Å². The van der Waals surface area contributed by atoms with Crippen molar-refractivity contribution in [2.24, 2.45) is 5.92 Å². The van der Waals surface area contributed by atoms with E-state index in [-0.39, 0.29) is 36.6 Å². The normalized spacial score (nSPS) is 17.7. The van der Waals surface area contributed by atoms with Gasteiger partial charge in [-0.25, -0.2) is 0 Å². The van der Waals surface area contributed by atoms with E-state index in [0.717, 1.165) is 52.0 Å². The first-order chi connectivity index (χ1) is 10.3. The van der Waals surface area contributed by atoms with Crippen LogP contribution in [0.25, 0.3) is 0 Å². The van der Waals surface area contributed by atoms with E-state index in [1.165, 1.54) is 5.56 Å². The van der Waals surface area contributed by atoms with E-state index in [1.54, 1.807) is 0 Å². The standard InChI is InChI=1S/C17H27N3O.2ClH/c1-18-10-6-11-19-17(21)16-9-5-12-20(14-16)13-15-7-3-2-4-8-15;;/h2-4,7-8,16,18H,5-6,9-14H2,1H3,(H,19,21);2*1H. The Morgan fingerprint density at radius 2 is 1.96 bits per heavy atom. The van der Waals surface area contributed by atoms with E-state index in [1.807, 2.05) is 13.1 Å². The zero-order valence-electron chi connectivity index (χ0n) is 13.8. The van der Waals surface area contributed by atoms with Crippen molar-refractivity contribution in [1.82, 2.24) is 15.5 Å². The Kier molecular flexibility index (Phi) is 12.1. The third-order valence-electron chi connectivity index (χ3n) is 4.03. The molecule has 1 amide bonds. The van der Waals surface area contributed by atoms with Gasteiger partial charge in [-0.15, -0.1) is 24.8 Å². The fourth-order valence-corrected chi connectivity index (χ4v) is 2.88. The molecule has 1 aromatic carbocycles. The van der Waals surface area contributed by atoms with Crippen LogP contribution in [-0.4, -0.2) is 44.0 Å². The molecule has 1 unspecified atom stereocenters. The smallest absolute Gasteiger partial charge is 0.224 e. The van der Waals surface area contributed by atoms with Crippen molar-refractivity contribution in [2.45, 2.75) is 25.8 Å². The van der Waals surface area contributed by atoms with Gasteiger partial charge >= 0.3 is 0 Å². The lowest BCUT2D eigenvalue weighted by atomic mass is 9.96. The molecule has 1 saturated heterocycles. The molecule has 1 heterocycles. The van der Waals surface area contributed by atoms with Crippen LogP contribution in [0.4, 0.5) is 0 Å². The Morgan fingerprint density at radius 1 is 1.22 bits per heavy atom. The van der Waals surface area contributed by atoms with E-state index >= 15 is 0 Å².